The second-order valence-corrected chi connectivity index (χ2v) is 4.75. The van der Waals surface area contributed by atoms with Crippen LogP contribution in [0.15, 0.2) is 42.5 Å². The number of hydrogen-bond acceptors (Lipinski definition) is 4. The standard InChI is InChI=1S/C16H14F2N4/c17-10-5-6-11(13(18)9-10)15-12-3-1-2-4-14(12)21-16(22-15)20-8-7-19/h1-6,9H,7-8,19H2,(H,20,21,22). The van der Waals surface area contributed by atoms with Crippen molar-refractivity contribution < 1.29 is 8.78 Å². The number of halogens is 2. The summed E-state index contributed by atoms with van der Waals surface area (Å²) in [6.07, 6.45) is 0. The second-order valence-electron chi connectivity index (χ2n) is 4.75. The molecule has 0 aliphatic heterocycles. The van der Waals surface area contributed by atoms with Gasteiger partial charge < -0.3 is 11.1 Å². The van der Waals surface area contributed by atoms with Crippen molar-refractivity contribution in [2.45, 2.75) is 0 Å². The summed E-state index contributed by atoms with van der Waals surface area (Å²) in [7, 11) is 0. The van der Waals surface area contributed by atoms with E-state index in [0.717, 1.165) is 6.07 Å². The lowest BCUT2D eigenvalue weighted by molar-refractivity contribution is 0.585. The quantitative estimate of drug-likeness (QED) is 0.777. The minimum atomic E-state index is -0.659. The molecule has 1 heterocycles. The van der Waals surface area contributed by atoms with Crippen LogP contribution in [0, 0.1) is 11.6 Å². The van der Waals surface area contributed by atoms with Crippen molar-refractivity contribution in [3.63, 3.8) is 0 Å². The molecule has 0 saturated heterocycles. The van der Waals surface area contributed by atoms with Crippen LogP contribution in [0.1, 0.15) is 0 Å². The zero-order chi connectivity index (χ0) is 15.5. The third-order valence-electron chi connectivity index (χ3n) is 3.22. The second kappa shape index (κ2) is 6.03. The van der Waals surface area contributed by atoms with E-state index < -0.39 is 11.6 Å². The van der Waals surface area contributed by atoms with Crippen molar-refractivity contribution in [3.8, 4) is 11.3 Å². The molecule has 0 fully saturated rings. The molecule has 0 radical (unpaired) electrons. The summed E-state index contributed by atoms with van der Waals surface area (Å²) in [5.41, 5.74) is 6.79. The van der Waals surface area contributed by atoms with E-state index in [9.17, 15) is 8.78 Å². The van der Waals surface area contributed by atoms with Crippen LogP contribution in [-0.4, -0.2) is 23.1 Å². The van der Waals surface area contributed by atoms with Gasteiger partial charge in [0.2, 0.25) is 5.95 Å². The molecule has 0 aliphatic rings. The van der Waals surface area contributed by atoms with Gasteiger partial charge in [0.25, 0.3) is 0 Å². The first-order chi connectivity index (χ1) is 10.7. The molecule has 0 saturated carbocycles. The van der Waals surface area contributed by atoms with Crippen molar-refractivity contribution in [1.82, 2.24) is 9.97 Å². The van der Waals surface area contributed by atoms with Crippen LogP contribution >= 0.6 is 0 Å². The normalized spacial score (nSPS) is 10.9. The number of benzene rings is 2. The first-order valence-corrected chi connectivity index (χ1v) is 6.85. The Hall–Kier alpha value is -2.60. The van der Waals surface area contributed by atoms with E-state index >= 15 is 0 Å². The first kappa shape index (κ1) is 14.3. The van der Waals surface area contributed by atoms with Crippen LogP contribution in [-0.2, 0) is 0 Å². The van der Waals surface area contributed by atoms with Crippen LogP contribution in [0.5, 0.6) is 0 Å². The third-order valence-corrected chi connectivity index (χ3v) is 3.22. The fraction of sp³-hybridized carbons (Fsp3) is 0.125. The molecule has 1 aromatic heterocycles. The van der Waals surface area contributed by atoms with Gasteiger partial charge in [0.05, 0.1) is 11.2 Å². The molecule has 0 unspecified atom stereocenters. The highest BCUT2D eigenvalue weighted by molar-refractivity contribution is 5.93. The third kappa shape index (κ3) is 2.73. The van der Waals surface area contributed by atoms with Gasteiger partial charge in [0, 0.05) is 30.1 Å². The number of nitrogens with two attached hydrogens (primary N) is 1. The summed E-state index contributed by atoms with van der Waals surface area (Å²) in [5.74, 6) is -0.919. The molecule has 4 nitrogen and oxygen atoms in total. The number of para-hydroxylation sites is 1. The molecule has 0 bridgehead atoms. The number of anilines is 1. The van der Waals surface area contributed by atoms with Gasteiger partial charge in [-0.15, -0.1) is 0 Å². The highest BCUT2D eigenvalue weighted by Crippen LogP contribution is 2.29. The van der Waals surface area contributed by atoms with Gasteiger partial charge >= 0.3 is 0 Å². The molecule has 0 aliphatic carbocycles. The molecule has 3 aromatic rings. The average Bonchev–Trinajstić information content (AvgIpc) is 2.52. The summed E-state index contributed by atoms with van der Waals surface area (Å²) in [5, 5.41) is 3.68. The molecular formula is C16H14F2N4. The first-order valence-electron chi connectivity index (χ1n) is 6.85. The van der Waals surface area contributed by atoms with Gasteiger partial charge in [0.1, 0.15) is 11.6 Å². The lowest BCUT2D eigenvalue weighted by atomic mass is 10.1. The fourth-order valence-corrected chi connectivity index (χ4v) is 2.23. The van der Waals surface area contributed by atoms with E-state index in [1.165, 1.54) is 12.1 Å². The molecule has 0 amide bonds. The number of fused-ring (bicyclic) bond motifs is 1. The predicted octanol–water partition coefficient (Wildman–Crippen LogP) is 2.95. The Labute approximate surface area is 126 Å². The topological polar surface area (TPSA) is 63.8 Å². The van der Waals surface area contributed by atoms with Crippen LogP contribution in [0.3, 0.4) is 0 Å². The number of rotatable bonds is 4. The van der Waals surface area contributed by atoms with E-state index in [2.05, 4.69) is 15.3 Å². The lowest BCUT2D eigenvalue weighted by Gasteiger charge is -2.10. The maximum Gasteiger partial charge on any atom is 0.223 e. The van der Waals surface area contributed by atoms with E-state index in [1.807, 2.05) is 18.2 Å². The summed E-state index contributed by atoms with van der Waals surface area (Å²) in [4.78, 5) is 8.73. The van der Waals surface area contributed by atoms with E-state index in [-0.39, 0.29) is 5.56 Å². The monoisotopic (exact) mass is 300 g/mol. The highest BCUT2D eigenvalue weighted by Gasteiger charge is 2.13. The minimum Gasteiger partial charge on any atom is -0.353 e. The summed E-state index contributed by atoms with van der Waals surface area (Å²) in [6, 6.07) is 10.7. The Morgan fingerprint density at radius 2 is 1.86 bits per heavy atom. The molecule has 0 atom stereocenters. The molecule has 3 N–H and O–H groups in total. The van der Waals surface area contributed by atoms with Crippen molar-refractivity contribution >= 4 is 16.9 Å². The minimum absolute atomic E-state index is 0.232. The largest absolute Gasteiger partial charge is 0.353 e. The summed E-state index contributed by atoms with van der Waals surface area (Å²) < 4.78 is 27.2. The Morgan fingerprint density at radius 1 is 1.05 bits per heavy atom. The maximum atomic E-state index is 14.1. The Morgan fingerprint density at radius 3 is 2.64 bits per heavy atom. The van der Waals surface area contributed by atoms with Crippen LogP contribution < -0.4 is 11.1 Å². The van der Waals surface area contributed by atoms with E-state index in [4.69, 9.17) is 5.73 Å². The number of nitrogens with zero attached hydrogens (tertiary/aromatic N) is 2. The molecule has 6 heteroatoms. The predicted molar refractivity (Wildman–Crippen MR) is 82.4 cm³/mol. The van der Waals surface area contributed by atoms with E-state index in [1.54, 1.807) is 6.07 Å². The van der Waals surface area contributed by atoms with Gasteiger partial charge in [-0.2, -0.15) is 0 Å². The fourth-order valence-electron chi connectivity index (χ4n) is 2.23. The van der Waals surface area contributed by atoms with Gasteiger partial charge in [-0.3, -0.25) is 0 Å². The Balaban J connectivity index is 2.21. The van der Waals surface area contributed by atoms with Gasteiger partial charge in [-0.1, -0.05) is 18.2 Å². The van der Waals surface area contributed by atoms with E-state index in [0.29, 0.717) is 35.6 Å². The van der Waals surface area contributed by atoms with Crippen LogP contribution in [0.25, 0.3) is 22.2 Å². The van der Waals surface area contributed by atoms with Crippen LogP contribution in [0.2, 0.25) is 0 Å². The SMILES string of the molecule is NCCNc1nc(-c2ccc(F)cc2F)c2ccccc2n1. The lowest BCUT2D eigenvalue weighted by Crippen LogP contribution is -2.15. The molecule has 22 heavy (non-hydrogen) atoms. The molecule has 3 rings (SSSR count). The van der Waals surface area contributed by atoms with Gasteiger partial charge in [-0.05, 0) is 18.2 Å². The number of hydrogen-bond donors (Lipinski definition) is 2. The number of nitrogens with one attached hydrogen (secondary N) is 1. The highest BCUT2D eigenvalue weighted by atomic mass is 19.1. The van der Waals surface area contributed by atoms with Crippen LogP contribution in [0.4, 0.5) is 14.7 Å². The average molecular weight is 300 g/mol. The Bertz CT molecular complexity index is 820. The van der Waals surface area contributed by atoms with Crippen molar-refractivity contribution in [2.24, 2.45) is 5.73 Å². The van der Waals surface area contributed by atoms with Crippen molar-refractivity contribution in [1.29, 1.82) is 0 Å². The van der Waals surface area contributed by atoms with Gasteiger partial charge in [-0.25, -0.2) is 18.7 Å². The molecule has 2 aromatic carbocycles. The zero-order valence-electron chi connectivity index (χ0n) is 11.7. The number of aromatic nitrogens is 2. The smallest absolute Gasteiger partial charge is 0.223 e. The Kier molecular flexibility index (Phi) is 3.93. The maximum absolute atomic E-state index is 14.1. The summed E-state index contributed by atoms with van der Waals surface area (Å²) >= 11 is 0. The van der Waals surface area contributed by atoms with Crippen molar-refractivity contribution in [2.75, 3.05) is 18.4 Å². The summed E-state index contributed by atoms with van der Waals surface area (Å²) in [6.45, 7) is 0.931. The zero-order valence-corrected chi connectivity index (χ0v) is 11.7. The molecule has 0 spiro atoms. The van der Waals surface area contributed by atoms with Crippen molar-refractivity contribution in [3.05, 3.63) is 54.1 Å². The molecule has 112 valence electrons. The molecular weight excluding hydrogens is 286 g/mol. The van der Waals surface area contributed by atoms with Gasteiger partial charge in [0.15, 0.2) is 0 Å².